The molecule has 25 heavy (non-hydrogen) atoms. The second-order valence-electron chi connectivity index (χ2n) is 5.13. The van der Waals surface area contributed by atoms with Gasteiger partial charge in [-0.15, -0.1) is 0 Å². The lowest BCUT2D eigenvalue weighted by molar-refractivity contribution is -0.220. The maximum Gasteiger partial charge on any atom is 0.433 e. The zero-order valence-electron chi connectivity index (χ0n) is 12.1. The minimum absolute atomic E-state index is 0.266. The minimum atomic E-state index is -5.30. The molecule has 1 aliphatic rings. The maximum atomic E-state index is 13.1. The van der Waals surface area contributed by atoms with Crippen LogP contribution in [0.25, 0.3) is 0 Å². The Morgan fingerprint density at radius 3 is 1.96 bits per heavy atom. The molecule has 0 radical (unpaired) electrons. The summed E-state index contributed by atoms with van der Waals surface area (Å²) in [5.41, 5.74) is -4.64. The normalized spacial score (nSPS) is 23.4. The zero-order valence-corrected chi connectivity index (χ0v) is 12.1. The number of hydrogen-bond donors (Lipinski definition) is 0. The van der Waals surface area contributed by atoms with Gasteiger partial charge in [-0.1, -0.05) is 6.07 Å². The number of ether oxygens (including phenoxy) is 2. The summed E-state index contributed by atoms with van der Waals surface area (Å²) in [5, 5.41) is 0. The number of pyridine rings is 1. The molecule has 0 spiro atoms. The molecule has 12 heteroatoms. The molecule has 0 N–H and O–H groups in total. The van der Waals surface area contributed by atoms with Gasteiger partial charge < -0.3 is 9.47 Å². The van der Waals surface area contributed by atoms with Gasteiger partial charge in [0.15, 0.2) is 11.8 Å². The van der Waals surface area contributed by atoms with Crippen LogP contribution >= 0.6 is 0 Å². The van der Waals surface area contributed by atoms with Crippen LogP contribution in [0.5, 0.6) is 0 Å². The summed E-state index contributed by atoms with van der Waals surface area (Å²) in [6, 6.07) is 0.699. The third-order valence-electron chi connectivity index (χ3n) is 3.35. The fourth-order valence-corrected chi connectivity index (χ4v) is 2.27. The Kier molecular flexibility index (Phi) is 5.24. The summed E-state index contributed by atoms with van der Waals surface area (Å²) in [4.78, 5) is 2.56. The largest absolute Gasteiger partial charge is 0.433 e. The van der Waals surface area contributed by atoms with E-state index in [1.165, 1.54) is 0 Å². The van der Waals surface area contributed by atoms with E-state index in [1.54, 1.807) is 0 Å². The predicted molar refractivity (Wildman–Crippen MR) is 63.3 cm³/mol. The molecule has 2 atom stereocenters. The number of nitrogens with zero attached hydrogens (tertiary/aromatic N) is 1. The molecule has 3 nitrogen and oxygen atoms in total. The van der Waals surface area contributed by atoms with Gasteiger partial charge in [-0.05, 0) is 6.07 Å². The highest BCUT2D eigenvalue weighted by molar-refractivity contribution is 5.29. The van der Waals surface area contributed by atoms with Gasteiger partial charge in [0.25, 0.3) is 0 Å². The Bertz CT molecular complexity index is 609. The first kappa shape index (κ1) is 19.8. The van der Waals surface area contributed by atoms with Crippen molar-refractivity contribution in [2.24, 2.45) is 0 Å². The van der Waals surface area contributed by atoms with Crippen molar-refractivity contribution in [1.29, 1.82) is 0 Å². The standard InChI is InChI=1S/C13H10F9NO2/c14-11(15,16)8-2-1-6(10(23-8)13(20,21)22)7-5-9(12(17,18)19)25-4-3-24-7/h1-2,7,9H,3-5H2. The van der Waals surface area contributed by atoms with Gasteiger partial charge in [0, 0.05) is 12.0 Å². The molecule has 1 fully saturated rings. The molecular formula is C13H10F9NO2. The van der Waals surface area contributed by atoms with Crippen molar-refractivity contribution in [2.45, 2.75) is 37.2 Å². The molecule has 1 aliphatic heterocycles. The maximum absolute atomic E-state index is 13.1. The molecule has 0 saturated carbocycles. The lowest BCUT2D eigenvalue weighted by Gasteiger charge is -2.24. The van der Waals surface area contributed by atoms with Crippen LogP contribution in [0.3, 0.4) is 0 Å². The minimum Gasteiger partial charge on any atom is -0.371 e. The highest BCUT2D eigenvalue weighted by Crippen LogP contribution is 2.41. The molecule has 0 aliphatic carbocycles. The van der Waals surface area contributed by atoms with Crippen LogP contribution in [-0.4, -0.2) is 30.5 Å². The van der Waals surface area contributed by atoms with Crippen LogP contribution in [0.1, 0.15) is 29.5 Å². The third-order valence-corrected chi connectivity index (χ3v) is 3.35. The third kappa shape index (κ3) is 4.75. The van der Waals surface area contributed by atoms with Gasteiger partial charge in [-0.2, -0.15) is 39.5 Å². The first-order valence-corrected chi connectivity index (χ1v) is 6.75. The molecule has 1 aromatic rings. The Morgan fingerprint density at radius 1 is 0.840 bits per heavy atom. The predicted octanol–water partition coefficient (Wildman–Crippen LogP) is 4.53. The van der Waals surface area contributed by atoms with Crippen LogP contribution in [-0.2, 0) is 21.8 Å². The van der Waals surface area contributed by atoms with Crippen molar-refractivity contribution in [1.82, 2.24) is 4.98 Å². The van der Waals surface area contributed by atoms with Gasteiger partial charge in [0.1, 0.15) is 5.69 Å². The molecule has 1 aromatic heterocycles. The smallest absolute Gasteiger partial charge is 0.371 e. The summed E-state index contributed by atoms with van der Waals surface area (Å²) in [5.74, 6) is 0. The van der Waals surface area contributed by atoms with E-state index in [9.17, 15) is 39.5 Å². The van der Waals surface area contributed by atoms with Crippen molar-refractivity contribution in [3.63, 3.8) is 0 Å². The lowest BCUT2D eigenvalue weighted by atomic mass is 10.0. The Labute approximate surface area is 134 Å². The lowest BCUT2D eigenvalue weighted by Crippen LogP contribution is -2.32. The summed E-state index contributed by atoms with van der Waals surface area (Å²) in [6.07, 6.45) is -20.5. The summed E-state index contributed by atoms with van der Waals surface area (Å²) < 4.78 is 125. The van der Waals surface area contributed by atoms with Gasteiger partial charge in [-0.25, -0.2) is 4.98 Å². The van der Waals surface area contributed by atoms with Gasteiger partial charge >= 0.3 is 18.5 Å². The van der Waals surface area contributed by atoms with Crippen LogP contribution in [0.2, 0.25) is 0 Å². The summed E-state index contributed by atoms with van der Waals surface area (Å²) >= 11 is 0. The molecule has 1 saturated heterocycles. The van der Waals surface area contributed by atoms with E-state index in [-0.39, 0.29) is 6.07 Å². The Morgan fingerprint density at radius 2 is 1.44 bits per heavy atom. The average Bonchev–Trinajstić information content (AvgIpc) is 2.70. The van der Waals surface area contributed by atoms with Crippen molar-refractivity contribution < 1.29 is 49.0 Å². The number of hydrogen-bond acceptors (Lipinski definition) is 3. The van der Waals surface area contributed by atoms with Crippen LogP contribution in [0.4, 0.5) is 39.5 Å². The number of alkyl halides is 9. The quantitative estimate of drug-likeness (QED) is 0.668. The van der Waals surface area contributed by atoms with Gasteiger partial charge in [-0.3, -0.25) is 0 Å². The Hall–Kier alpha value is -1.56. The van der Waals surface area contributed by atoms with Crippen LogP contribution in [0, 0.1) is 0 Å². The fraction of sp³-hybridized carbons (Fsp3) is 0.615. The molecule has 0 bridgehead atoms. The average molecular weight is 383 g/mol. The van der Waals surface area contributed by atoms with Crippen LogP contribution < -0.4 is 0 Å². The second-order valence-corrected chi connectivity index (χ2v) is 5.13. The first-order valence-electron chi connectivity index (χ1n) is 6.75. The summed E-state index contributed by atoms with van der Waals surface area (Å²) in [6.45, 7) is -0.967. The van der Waals surface area contributed by atoms with Gasteiger partial charge in [0.05, 0.1) is 19.3 Å². The van der Waals surface area contributed by atoms with Crippen molar-refractivity contribution in [3.05, 3.63) is 29.1 Å². The molecule has 2 heterocycles. The number of rotatable bonds is 1. The van der Waals surface area contributed by atoms with Crippen molar-refractivity contribution >= 4 is 0 Å². The Balaban J connectivity index is 2.46. The molecule has 0 amide bonds. The molecule has 2 unspecified atom stereocenters. The fourth-order valence-electron chi connectivity index (χ4n) is 2.27. The van der Waals surface area contributed by atoms with E-state index in [0.29, 0.717) is 6.07 Å². The monoisotopic (exact) mass is 383 g/mol. The van der Waals surface area contributed by atoms with E-state index < -0.39 is 67.3 Å². The van der Waals surface area contributed by atoms with E-state index in [4.69, 9.17) is 4.74 Å². The SMILES string of the molecule is FC(F)(F)c1ccc(C2CC(C(F)(F)F)OCCO2)c(C(F)(F)F)n1. The van der Waals surface area contributed by atoms with Crippen molar-refractivity contribution in [2.75, 3.05) is 13.2 Å². The molecular weight excluding hydrogens is 373 g/mol. The van der Waals surface area contributed by atoms with E-state index in [2.05, 4.69) is 9.72 Å². The van der Waals surface area contributed by atoms with Gasteiger partial charge in [0.2, 0.25) is 0 Å². The first-order chi connectivity index (χ1) is 11.3. The summed E-state index contributed by atoms with van der Waals surface area (Å²) in [7, 11) is 0. The molecule has 142 valence electrons. The van der Waals surface area contributed by atoms with E-state index in [0.717, 1.165) is 0 Å². The molecule has 0 aromatic carbocycles. The highest BCUT2D eigenvalue weighted by Gasteiger charge is 2.46. The topological polar surface area (TPSA) is 31.4 Å². The molecule has 2 rings (SSSR count). The zero-order chi connectivity index (χ0) is 19.0. The van der Waals surface area contributed by atoms with E-state index in [1.807, 2.05) is 0 Å². The highest BCUT2D eigenvalue weighted by atomic mass is 19.4. The number of aromatic nitrogens is 1. The van der Waals surface area contributed by atoms with Crippen LogP contribution in [0.15, 0.2) is 12.1 Å². The second kappa shape index (κ2) is 6.63. The van der Waals surface area contributed by atoms with Crippen molar-refractivity contribution in [3.8, 4) is 0 Å². The number of halogens is 9. The van der Waals surface area contributed by atoms with E-state index >= 15 is 0 Å².